The lowest BCUT2D eigenvalue weighted by atomic mass is 9.81. The molecular formula is C20H21FN2O3S. The molecule has 0 unspecified atom stereocenters. The summed E-state index contributed by atoms with van der Waals surface area (Å²) in [4.78, 5) is 20.8. The number of ether oxygens (including phenoxy) is 2. The Morgan fingerprint density at radius 1 is 1.44 bits per heavy atom. The smallest absolute Gasteiger partial charge is 0.264 e. The Bertz CT molecular complexity index is 856. The van der Waals surface area contributed by atoms with Crippen LogP contribution in [0.1, 0.15) is 33.0 Å². The van der Waals surface area contributed by atoms with Gasteiger partial charge in [0.15, 0.2) is 5.82 Å². The van der Waals surface area contributed by atoms with Gasteiger partial charge in [0.25, 0.3) is 5.91 Å². The van der Waals surface area contributed by atoms with Gasteiger partial charge in [-0.25, -0.2) is 9.37 Å². The fraction of sp³-hybridized carbons (Fsp3) is 0.500. The van der Waals surface area contributed by atoms with Gasteiger partial charge in [0.2, 0.25) is 5.88 Å². The van der Waals surface area contributed by atoms with Crippen molar-refractivity contribution in [3.05, 3.63) is 45.5 Å². The molecule has 5 rings (SSSR count). The Kier molecular flexibility index (Phi) is 4.16. The Balaban J connectivity index is 1.22. The summed E-state index contributed by atoms with van der Waals surface area (Å²) in [5, 5.41) is 0. The van der Waals surface area contributed by atoms with Crippen LogP contribution in [0.3, 0.4) is 0 Å². The third kappa shape index (κ3) is 2.93. The Hall–Kier alpha value is -1.99. The second kappa shape index (κ2) is 6.56. The number of aryl methyl sites for hydroxylation is 2. The quantitative estimate of drug-likeness (QED) is 0.808. The van der Waals surface area contributed by atoms with Gasteiger partial charge in [-0.3, -0.25) is 4.79 Å². The predicted molar refractivity (Wildman–Crippen MR) is 98.7 cm³/mol. The first-order chi connectivity index (χ1) is 13.1. The molecule has 2 aliphatic heterocycles. The van der Waals surface area contributed by atoms with Crippen LogP contribution in [0.15, 0.2) is 24.4 Å². The molecular weight excluding hydrogens is 367 g/mol. The van der Waals surface area contributed by atoms with Crippen LogP contribution in [-0.2, 0) is 17.6 Å². The lowest BCUT2D eigenvalue weighted by Crippen LogP contribution is -2.66. The summed E-state index contributed by atoms with van der Waals surface area (Å²) >= 11 is 1.64. The van der Waals surface area contributed by atoms with Gasteiger partial charge < -0.3 is 14.4 Å². The van der Waals surface area contributed by atoms with Crippen LogP contribution in [0.25, 0.3) is 0 Å². The number of rotatable bonds is 4. The SMILES string of the molecule is O=C(c1cc2c(s1)CCC2)N1CC2(C1)OCC[C@@H]2COc1ncccc1F. The molecule has 3 aliphatic rings. The Morgan fingerprint density at radius 3 is 3.15 bits per heavy atom. The minimum Gasteiger partial charge on any atom is -0.475 e. The van der Waals surface area contributed by atoms with Crippen molar-refractivity contribution < 1.29 is 18.7 Å². The fourth-order valence-corrected chi connectivity index (χ4v) is 5.58. The van der Waals surface area contributed by atoms with Crippen LogP contribution in [0.4, 0.5) is 4.39 Å². The van der Waals surface area contributed by atoms with Crippen molar-refractivity contribution in [3.63, 3.8) is 0 Å². The second-order valence-electron chi connectivity index (χ2n) is 7.57. The zero-order valence-electron chi connectivity index (χ0n) is 14.9. The van der Waals surface area contributed by atoms with Crippen molar-refractivity contribution in [2.45, 2.75) is 31.3 Å². The number of carbonyl (C=O) groups excluding carboxylic acids is 1. The van der Waals surface area contributed by atoms with Gasteiger partial charge in [0, 0.05) is 23.6 Å². The van der Waals surface area contributed by atoms with Crippen LogP contribution < -0.4 is 4.74 Å². The van der Waals surface area contributed by atoms with E-state index in [1.54, 1.807) is 11.3 Å². The number of aromatic nitrogens is 1. The van der Waals surface area contributed by atoms with Crippen molar-refractivity contribution in [3.8, 4) is 5.88 Å². The number of fused-ring (bicyclic) bond motifs is 1. The predicted octanol–water partition coefficient (Wildman–Crippen LogP) is 3.08. The molecule has 0 radical (unpaired) electrons. The van der Waals surface area contributed by atoms with E-state index in [9.17, 15) is 9.18 Å². The molecule has 0 bridgehead atoms. The van der Waals surface area contributed by atoms with Crippen LogP contribution in [0, 0.1) is 11.7 Å². The monoisotopic (exact) mass is 388 g/mol. The number of hydrogen-bond donors (Lipinski definition) is 0. The first-order valence-electron chi connectivity index (χ1n) is 9.43. The van der Waals surface area contributed by atoms with Gasteiger partial charge in [-0.05, 0) is 49.4 Å². The molecule has 2 aromatic rings. The molecule has 1 atom stereocenters. The Morgan fingerprint density at radius 2 is 2.33 bits per heavy atom. The van der Waals surface area contributed by atoms with E-state index in [0.717, 1.165) is 24.1 Å². The molecule has 2 fully saturated rings. The molecule has 2 aromatic heterocycles. The number of nitrogens with zero attached hydrogens (tertiary/aromatic N) is 2. The first-order valence-corrected chi connectivity index (χ1v) is 10.2. The van der Waals surface area contributed by atoms with E-state index in [4.69, 9.17) is 9.47 Å². The van der Waals surface area contributed by atoms with Gasteiger partial charge in [-0.2, -0.15) is 0 Å². The average Bonchev–Trinajstić information content (AvgIpc) is 3.33. The van der Waals surface area contributed by atoms with Crippen molar-refractivity contribution in [2.24, 2.45) is 5.92 Å². The minimum absolute atomic E-state index is 0.0277. The van der Waals surface area contributed by atoms with Crippen LogP contribution in [0.2, 0.25) is 0 Å². The highest BCUT2D eigenvalue weighted by Crippen LogP contribution is 2.41. The molecule has 0 aromatic carbocycles. The Labute approximate surface area is 161 Å². The summed E-state index contributed by atoms with van der Waals surface area (Å²) in [6.07, 6.45) is 5.76. The summed E-state index contributed by atoms with van der Waals surface area (Å²) in [7, 11) is 0. The van der Waals surface area contributed by atoms with Crippen LogP contribution in [-0.4, -0.2) is 47.7 Å². The molecule has 27 heavy (non-hydrogen) atoms. The number of carbonyl (C=O) groups is 1. The number of amides is 1. The highest BCUT2D eigenvalue weighted by Gasteiger charge is 2.55. The molecule has 1 amide bonds. The third-order valence-electron chi connectivity index (χ3n) is 5.91. The highest BCUT2D eigenvalue weighted by atomic mass is 32.1. The summed E-state index contributed by atoms with van der Waals surface area (Å²) in [5.41, 5.74) is 0.986. The van der Waals surface area contributed by atoms with Crippen LogP contribution in [0.5, 0.6) is 5.88 Å². The van der Waals surface area contributed by atoms with Gasteiger partial charge in [0.05, 0.1) is 24.6 Å². The van der Waals surface area contributed by atoms with Crippen molar-refractivity contribution in [1.82, 2.24) is 9.88 Å². The van der Waals surface area contributed by atoms with E-state index in [1.165, 1.54) is 35.2 Å². The molecule has 7 heteroatoms. The number of pyridine rings is 1. The lowest BCUT2D eigenvalue weighted by Gasteiger charge is -2.49. The van der Waals surface area contributed by atoms with E-state index >= 15 is 0 Å². The van der Waals surface area contributed by atoms with E-state index < -0.39 is 5.82 Å². The van der Waals surface area contributed by atoms with Gasteiger partial charge in [0.1, 0.15) is 5.60 Å². The summed E-state index contributed by atoms with van der Waals surface area (Å²) < 4.78 is 25.3. The van der Waals surface area contributed by atoms with Crippen molar-refractivity contribution in [1.29, 1.82) is 0 Å². The molecule has 1 aliphatic carbocycles. The first kappa shape index (κ1) is 17.1. The number of halogens is 1. The molecule has 1 spiro atoms. The van der Waals surface area contributed by atoms with Crippen molar-refractivity contribution >= 4 is 17.2 Å². The van der Waals surface area contributed by atoms with Gasteiger partial charge >= 0.3 is 0 Å². The zero-order chi connectivity index (χ0) is 18.4. The fourth-order valence-electron chi connectivity index (χ4n) is 4.36. The minimum atomic E-state index is -0.457. The van der Waals surface area contributed by atoms with Crippen molar-refractivity contribution in [2.75, 3.05) is 26.3 Å². The molecule has 0 N–H and O–H groups in total. The molecule has 2 saturated heterocycles. The molecule has 0 saturated carbocycles. The number of hydrogen-bond acceptors (Lipinski definition) is 5. The topological polar surface area (TPSA) is 51.7 Å². The average molecular weight is 388 g/mol. The van der Waals surface area contributed by atoms with Gasteiger partial charge in [-0.1, -0.05) is 0 Å². The zero-order valence-corrected chi connectivity index (χ0v) is 15.8. The van der Waals surface area contributed by atoms with Crippen LogP contribution >= 0.6 is 11.3 Å². The second-order valence-corrected chi connectivity index (χ2v) is 8.71. The molecule has 5 nitrogen and oxygen atoms in total. The summed E-state index contributed by atoms with van der Waals surface area (Å²) in [6.45, 7) is 2.15. The maximum atomic E-state index is 13.7. The third-order valence-corrected chi connectivity index (χ3v) is 7.13. The number of likely N-dealkylation sites (tertiary alicyclic amines) is 1. The van der Waals surface area contributed by atoms with E-state index in [2.05, 4.69) is 11.1 Å². The maximum absolute atomic E-state index is 13.7. The van der Waals surface area contributed by atoms with E-state index in [-0.39, 0.29) is 23.3 Å². The summed E-state index contributed by atoms with van der Waals surface area (Å²) in [6, 6.07) is 4.95. The largest absolute Gasteiger partial charge is 0.475 e. The normalized spacial score (nSPS) is 22.7. The van der Waals surface area contributed by atoms with Gasteiger partial charge in [-0.15, -0.1) is 11.3 Å². The molecule has 142 valence electrons. The number of thiophene rings is 1. The lowest BCUT2D eigenvalue weighted by molar-refractivity contribution is -0.122. The van der Waals surface area contributed by atoms with E-state index in [0.29, 0.717) is 26.3 Å². The molecule has 4 heterocycles. The maximum Gasteiger partial charge on any atom is 0.264 e. The van der Waals surface area contributed by atoms with E-state index in [1.807, 2.05) is 4.90 Å². The summed E-state index contributed by atoms with van der Waals surface area (Å²) in [5.74, 6) is -0.191. The standard InChI is InChI=1S/C20H21FN2O3S/c21-15-4-2-7-22-18(15)25-10-14-6-8-26-20(14)11-23(12-20)19(24)17-9-13-3-1-5-16(13)27-17/h2,4,7,9,14H,1,3,5-6,8,10-12H2/t14-/m1/s1. The highest BCUT2D eigenvalue weighted by molar-refractivity contribution is 7.14.